The minimum Gasteiger partial charge on any atom is -0.463 e. The topological polar surface area (TPSA) is 44.1 Å². The lowest BCUT2D eigenvalue weighted by Crippen LogP contribution is -2.24. The molecule has 7 heteroatoms. The first-order chi connectivity index (χ1) is 6.91. The quantitative estimate of drug-likeness (QED) is 0.654. The molecule has 0 aromatic carbocycles. The molecule has 0 radical (unpaired) electrons. The maximum atomic E-state index is 12.6. The van der Waals surface area contributed by atoms with Gasteiger partial charge >= 0.3 is 6.18 Å². The average molecular weight is 220 g/mol. The molecule has 0 unspecified atom stereocenters. The Bertz CT molecular complexity index is 464. The van der Waals surface area contributed by atoms with Crippen molar-refractivity contribution in [2.75, 3.05) is 6.61 Å². The van der Waals surface area contributed by atoms with E-state index in [9.17, 15) is 18.0 Å². The number of nitrogens with zero attached hydrogens (tertiary/aromatic N) is 2. The molecule has 1 aromatic heterocycles. The van der Waals surface area contributed by atoms with Gasteiger partial charge in [0.1, 0.15) is 12.3 Å². The van der Waals surface area contributed by atoms with Crippen LogP contribution >= 0.6 is 0 Å². The Morgan fingerprint density at radius 3 is 2.73 bits per heavy atom. The number of rotatable bonds is 0. The molecule has 0 saturated carbocycles. The van der Waals surface area contributed by atoms with Gasteiger partial charge in [0, 0.05) is 5.56 Å². The van der Waals surface area contributed by atoms with Crippen LogP contribution in [-0.2, 0) is 12.7 Å². The van der Waals surface area contributed by atoms with E-state index in [-0.39, 0.29) is 19.2 Å². The van der Waals surface area contributed by atoms with Gasteiger partial charge in [0.2, 0.25) is 0 Å². The molecule has 0 bridgehead atoms. The van der Waals surface area contributed by atoms with Gasteiger partial charge in [0.15, 0.2) is 0 Å². The Morgan fingerprint density at radius 2 is 2.13 bits per heavy atom. The fourth-order valence-corrected chi connectivity index (χ4v) is 1.54. The van der Waals surface area contributed by atoms with E-state index >= 15 is 0 Å². The summed E-state index contributed by atoms with van der Waals surface area (Å²) >= 11 is 0. The summed E-state index contributed by atoms with van der Waals surface area (Å²) in [6.07, 6.45) is -4.56. The van der Waals surface area contributed by atoms with Gasteiger partial charge in [0.05, 0.1) is 6.54 Å². The van der Waals surface area contributed by atoms with Crippen molar-refractivity contribution in [3.05, 3.63) is 21.6 Å². The van der Waals surface area contributed by atoms with Crippen LogP contribution in [-0.4, -0.2) is 16.2 Å². The molecule has 82 valence electrons. The zero-order valence-corrected chi connectivity index (χ0v) is 7.76. The van der Waals surface area contributed by atoms with E-state index in [4.69, 9.17) is 4.74 Å². The summed E-state index contributed by atoms with van der Waals surface area (Å²) in [5.74, 6) is 0. The lowest BCUT2D eigenvalue weighted by atomic mass is 10.2. The predicted octanol–water partition coefficient (Wildman–Crippen LogP) is 0.963. The summed E-state index contributed by atoms with van der Waals surface area (Å²) in [7, 11) is 0. The molecule has 0 N–H and O–H groups in total. The smallest absolute Gasteiger partial charge is 0.432 e. The third-order valence-corrected chi connectivity index (χ3v) is 2.19. The third-order valence-electron chi connectivity index (χ3n) is 2.19. The molecule has 4 nitrogen and oxygen atoms in total. The van der Waals surface area contributed by atoms with E-state index in [0.717, 1.165) is 11.5 Å². The van der Waals surface area contributed by atoms with Crippen molar-refractivity contribution in [2.24, 2.45) is 0 Å². The van der Waals surface area contributed by atoms with Crippen LogP contribution in [0.25, 0.3) is 0 Å². The van der Waals surface area contributed by atoms with E-state index in [2.05, 4.69) is 4.98 Å². The predicted molar refractivity (Wildman–Crippen MR) is 43.7 cm³/mol. The summed E-state index contributed by atoms with van der Waals surface area (Å²) in [5.41, 5.74) is -2.25. The number of hydrogen-bond donors (Lipinski definition) is 0. The summed E-state index contributed by atoms with van der Waals surface area (Å²) < 4.78 is 43.6. The lowest BCUT2D eigenvalue weighted by molar-refractivity contribution is -0.144. The second-order valence-electron chi connectivity index (χ2n) is 3.17. The van der Waals surface area contributed by atoms with Crippen LogP contribution in [0.3, 0.4) is 0 Å². The summed E-state index contributed by atoms with van der Waals surface area (Å²) in [6.45, 7) is 1.29. The molecule has 2 rings (SSSR count). The van der Waals surface area contributed by atoms with Crippen LogP contribution in [0, 0.1) is 6.92 Å². The van der Waals surface area contributed by atoms with Gasteiger partial charge in [-0.3, -0.25) is 9.36 Å². The zero-order chi connectivity index (χ0) is 11.2. The molecular weight excluding hydrogens is 213 g/mol. The minimum absolute atomic E-state index is 0.0678. The number of aromatic nitrogens is 2. The minimum atomic E-state index is -4.56. The molecular formula is C8H7F3N2O2. The van der Waals surface area contributed by atoms with Crippen molar-refractivity contribution in [3.8, 4) is 6.01 Å². The molecule has 0 saturated heterocycles. The summed E-state index contributed by atoms with van der Waals surface area (Å²) in [6, 6.07) is -0.252. The second-order valence-corrected chi connectivity index (χ2v) is 3.17. The van der Waals surface area contributed by atoms with Gasteiger partial charge in [-0.2, -0.15) is 18.2 Å². The largest absolute Gasteiger partial charge is 0.463 e. The standard InChI is InChI=1S/C8H7F3N2O2/c1-4-5(8(9,10)11)13-2-3-15-7(13)12-6(4)14/h2-3H2,1H3. The van der Waals surface area contributed by atoms with Crippen LogP contribution in [0.4, 0.5) is 13.2 Å². The molecule has 2 heterocycles. The molecule has 1 aliphatic rings. The maximum Gasteiger partial charge on any atom is 0.432 e. The Balaban J connectivity index is 2.77. The summed E-state index contributed by atoms with van der Waals surface area (Å²) in [5, 5.41) is 0. The number of hydrogen-bond acceptors (Lipinski definition) is 3. The van der Waals surface area contributed by atoms with Gasteiger partial charge in [-0.25, -0.2) is 0 Å². The number of halogens is 3. The van der Waals surface area contributed by atoms with Crippen LogP contribution in [0.15, 0.2) is 4.79 Å². The van der Waals surface area contributed by atoms with Gasteiger partial charge in [-0.1, -0.05) is 0 Å². The molecule has 0 aliphatic carbocycles. The fourth-order valence-electron chi connectivity index (χ4n) is 1.54. The number of fused-ring (bicyclic) bond motifs is 1. The van der Waals surface area contributed by atoms with Crippen molar-refractivity contribution < 1.29 is 17.9 Å². The van der Waals surface area contributed by atoms with Crippen molar-refractivity contribution in [2.45, 2.75) is 19.6 Å². The molecule has 1 aromatic rings. The normalized spacial score (nSPS) is 14.9. The summed E-state index contributed by atoms with van der Waals surface area (Å²) in [4.78, 5) is 14.6. The van der Waals surface area contributed by atoms with Gasteiger partial charge in [-0.15, -0.1) is 0 Å². The second kappa shape index (κ2) is 2.98. The monoisotopic (exact) mass is 220 g/mol. The molecule has 1 aliphatic heterocycles. The Hall–Kier alpha value is -1.53. The number of alkyl halides is 3. The van der Waals surface area contributed by atoms with E-state index in [1.165, 1.54) is 0 Å². The third kappa shape index (κ3) is 1.47. The maximum absolute atomic E-state index is 12.6. The van der Waals surface area contributed by atoms with Crippen molar-refractivity contribution in [1.29, 1.82) is 0 Å². The van der Waals surface area contributed by atoms with Crippen molar-refractivity contribution in [1.82, 2.24) is 9.55 Å². The Kier molecular flexibility index (Phi) is 1.99. The molecule has 0 amide bonds. The van der Waals surface area contributed by atoms with Crippen LogP contribution in [0.2, 0.25) is 0 Å². The van der Waals surface area contributed by atoms with Crippen molar-refractivity contribution >= 4 is 0 Å². The lowest BCUT2D eigenvalue weighted by Gasteiger charge is -2.14. The van der Waals surface area contributed by atoms with Crippen molar-refractivity contribution in [3.63, 3.8) is 0 Å². The zero-order valence-electron chi connectivity index (χ0n) is 7.76. The highest BCUT2D eigenvalue weighted by molar-refractivity contribution is 5.24. The first-order valence-electron chi connectivity index (χ1n) is 4.22. The Morgan fingerprint density at radius 1 is 1.47 bits per heavy atom. The van der Waals surface area contributed by atoms with Crippen LogP contribution in [0.5, 0.6) is 6.01 Å². The average Bonchev–Trinajstić information content (AvgIpc) is 2.50. The first kappa shape index (κ1) is 10.0. The Labute approximate surface area is 82.3 Å². The van der Waals surface area contributed by atoms with Gasteiger partial charge in [0.25, 0.3) is 11.6 Å². The molecule has 0 fully saturated rings. The van der Waals surface area contributed by atoms with E-state index in [0.29, 0.717) is 0 Å². The molecule has 0 spiro atoms. The fraction of sp³-hybridized carbons (Fsp3) is 0.500. The van der Waals surface area contributed by atoms with Crippen LogP contribution in [0.1, 0.15) is 11.3 Å². The highest BCUT2D eigenvalue weighted by atomic mass is 19.4. The highest BCUT2D eigenvalue weighted by Crippen LogP contribution is 2.33. The molecule has 15 heavy (non-hydrogen) atoms. The SMILES string of the molecule is Cc1c(C(F)(F)F)n2c(nc1=O)OCC2. The van der Waals surface area contributed by atoms with E-state index < -0.39 is 23.0 Å². The first-order valence-corrected chi connectivity index (χ1v) is 4.22. The van der Waals surface area contributed by atoms with E-state index in [1.54, 1.807) is 0 Å². The van der Waals surface area contributed by atoms with Gasteiger partial charge < -0.3 is 4.74 Å². The molecule has 0 atom stereocenters. The number of ether oxygens (including phenoxy) is 1. The van der Waals surface area contributed by atoms with Gasteiger partial charge in [-0.05, 0) is 6.92 Å². The van der Waals surface area contributed by atoms with E-state index in [1.807, 2.05) is 0 Å². The van der Waals surface area contributed by atoms with Crippen LogP contribution < -0.4 is 10.3 Å². The highest BCUT2D eigenvalue weighted by Gasteiger charge is 2.39.